The van der Waals surface area contributed by atoms with Crippen LogP contribution in [0.1, 0.15) is 17.1 Å². The molecule has 0 aliphatic carbocycles. The minimum atomic E-state index is 0.979. The summed E-state index contributed by atoms with van der Waals surface area (Å²) in [6.45, 7) is 5.98. The monoisotopic (exact) mass is 131 g/mol. The van der Waals surface area contributed by atoms with E-state index in [4.69, 9.17) is 4.42 Å². The molecule has 48 valence electrons. The molecule has 1 rings (SSSR count). The molecule has 0 fully saturated rings. The Balaban J connectivity index is 3.17. The van der Waals surface area contributed by atoms with E-state index in [2.05, 4.69) is 6.92 Å². The van der Waals surface area contributed by atoms with Crippen LogP contribution in [0.25, 0.3) is 0 Å². The van der Waals surface area contributed by atoms with Crippen molar-refractivity contribution in [2.45, 2.75) is 20.8 Å². The zero-order chi connectivity index (χ0) is 6.85. The minimum Gasteiger partial charge on any atom is -0.218 e. The first-order chi connectivity index (χ1) is 4.18. The molecule has 0 unspecified atom stereocenters. The third kappa shape index (κ3) is 1.53. The Morgan fingerprint density at radius 3 is 1.78 bits per heavy atom. The second-order valence-electron chi connectivity index (χ2n) is 2.36. The highest BCUT2D eigenvalue weighted by Crippen LogP contribution is 2.06. The van der Waals surface area contributed by atoms with Crippen molar-refractivity contribution >= 4 is 0 Å². The molecule has 0 atom stereocenters. The molecule has 1 aromatic rings. The van der Waals surface area contributed by atoms with E-state index in [0.717, 1.165) is 11.5 Å². The number of hydrogen-bond donors (Lipinski definition) is 0. The summed E-state index contributed by atoms with van der Waals surface area (Å²) < 4.78 is 5.26. The summed E-state index contributed by atoms with van der Waals surface area (Å²) in [6.07, 6.45) is 0. The van der Waals surface area contributed by atoms with Crippen molar-refractivity contribution in [2.75, 3.05) is 0 Å². The van der Waals surface area contributed by atoms with Gasteiger partial charge < -0.3 is 0 Å². The van der Waals surface area contributed by atoms with Gasteiger partial charge in [-0.2, -0.15) is 0 Å². The summed E-state index contributed by atoms with van der Waals surface area (Å²) in [5, 5.41) is 0. The van der Waals surface area contributed by atoms with Gasteiger partial charge in [-0.25, -0.2) is 4.42 Å². The maximum absolute atomic E-state index is 5.26. The normalized spacial score (nSPS) is 9.67. The molecule has 9 heavy (non-hydrogen) atoms. The van der Waals surface area contributed by atoms with E-state index in [1.807, 2.05) is 26.0 Å². The lowest BCUT2D eigenvalue weighted by Gasteiger charge is -1.84. The highest BCUT2D eigenvalue weighted by Gasteiger charge is 2.03. The molecule has 1 heteroatoms. The van der Waals surface area contributed by atoms with Crippen LogP contribution in [-0.2, 0) is 0 Å². The van der Waals surface area contributed by atoms with Crippen LogP contribution in [0.15, 0.2) is 16.5 Å². The third-order valence-electron chi connectivity index (χ3n) is 1.18. The molecule has 0 aliphatic heterocycles. The van der Waals surface area contributed by atoms with Crippen LogP contribution < -0.4 is 0 Å². The fourth-order valence-corrected chi connectivity index (χ4v) is 0.996. The predicted octanol–water partition coefficient (Wildman–Crippen LogP) is 2.49. The Labute approximate surface area is 55.3 Å². The minimum absolute atomic E-state index is 0.979. The van der Waals surface area contributed by atoms with Crippen molar-refractivity contribution < 1.29 is 4.42 Å². The Hall–Kier alpha value is -0.850. The lowest BCUT2D eigenvalue weighted by Crippen LogP contribution is -1.78. The van der Waals surface area contributed by atoms with E-state index in [1.54, 1.807) is 0 Å². The van der Waals surface area contributed by atoms with Crippen LogP contribution in [0.3, 0.4) is 0 Å². The average Bonchev–Trinajstić information content (AvgIpc) is 1.59. The van der Waals surface area contributed by atoms with E-state index in [-0.39, 0.29) is 0 Å². The molecule has 0 bridgehead atoms. The molecular formula is C8H11O+. The maximum Gasteiger partial charge on any atom is 0.326 e. The van der Waals surface area contributed by atoms with E-state index < -0.39 is 0 Å². The van der Waals surface area contributed by atoms with E-state index in [0.29, 0.717) is 0 Å². The van der Waals surface area contributed by atoms with Crippen molar-refractivity contribution in [3.63, 3.8) is 0 Å². The summed E-state index contributed by atoms with van der Waals surface area (Å²) in [7, 11) is 0. The fraction of sp³-hybridized carbons (Fsp3) is 0.375. The molecule has 1 aromatic heterocycles. The summed E-state index contributed by atoms with van der Waals surface area (Å²) in [4.78, 5) is 0. The first-order valence-electron chi connectivity index (χ1n) is 3.06. The second-order valence-corrected chi connectivity index (χ2v) is 2.36. The molecule has 0 spiro atoms. The van der Waals surface area contributed by atoms with Crippen molar-refractivity contribution in [1.82, 2.24) is 0 Å². The Morgan fingerprint density at radius 2 is 1.44 bits per heavy atom. The Morgan fingerprint density at radius 1 is 1.00 bits per heavy atom. The number of aryl methyl sites for hydroxylation is 3. The van der Waals surface area contributed by atoms with Crippen molar-refractivity contribution in [3.05, 3.63) is 29.2 Å². The van der Waals surface area contributed by atoms with Gasteiger partial charge in [0, 0.05) is 12.1 Å². The van der Waals surface area contributed by atoms with Crippen molar-refractivity contribution in [2.24, 2.45) is 0 Å². The third-order valence-corrected chi connectivity index (χ3v) is 1.18. The highest BCUT2D eigenvalue weighted by atomic mass is 16.5. The van der Waals surface area contributed by atoms with Gasteiger partial charge in [0.15, 0.2) is 0 Å². The maximum atomic E-state index is 5.26. The fourth-order valence-electron chi connectivity index (χ4n) is 0.996. The Bertz CT molecular complexity index is 165. The second kappa shape index (κ2) is 2.18. The van der Waals surface area contributed by atoms with Gasteiger partial charge in [-0.1, -0.05) is 0 Å². The summed E-state index contributed by atoms with van der Waals surface area (Å²) >= 11 is 0. The van der Waals surface area contributed by atoms with Gasteiger partial charge in [-0.05, 0) is 12.5 Å². The van der Waals surface area contributed by atoms with Gasteiger partial charge >= 0.3 is 11.5 Å². The smallest absolute Gasteiger partial charge is 0.218 e. The first-order valence-corrected chi connectivity index (χ1v) is 3.06. The molecular weight excluding hydrogens is 120 g/mol. The molecule has 0 radical (unpaired) electrons. The zero-order valence-corrected chi connectivity index (χ0v) is 6.06. The van der Waals surface area contributed by atoms with Gasteiger partial charge in [0.05, 0.1) is 13.8 Å². The van der Waals surface area contributed by atoms with Crippen LogP contribution in [0, 0.1) is 20.8 Å². The van der Waals surface area contributed by atoms with Gasteiger partial charge in [-0.15, -0.1) is 0 Å². The van der Waals surface area contributed by atoms with Crippen LogP contribution in [0.4, 0.5) is 0 Å². The molecule has 0 saturated carbocycles. The van der Waals surface area contributed by atoms with Crippen LogP contribution >= 0.6 is 0 Å². The van der Waals surface area contributed by atoms with E-state index >= 15 is 0 Å². The van der Waals surface area contributed by atoms with Crippen LogP contribution in [-0.4, -0.2) is 0 Å². The van der Waals surface area contributed by atoms with Crippen molar-refractivity contribution in [1.29, 1.82) is 0 Å². The summed E-state index contributed by atoms with van der Waals surface area (Å²) in [5.41, 5.74) is 1.26. The first kappa shape index (κ1) is 6.27. The summed E-state index contributed by atoms with van der Waals surface area (Å²) in [6, 6.07) is 4.04. The molecule has 0 aromatic carbocycles. The van der Waals surface area contributed by atoms with Gasteiger partial charge in [0.25, 0.3) is 0 Å². The SMILES string of the molecule is [13CH3][13c]1[13cH][13c]([13CH3])[o+][13c]([13CH3])[13cH]1. The molecule has 1 nitrogen and oxygen atoms in total. The highest BCUT2D eigenvalue weighted by molar-refractivity contribution is 5.14. The van der Waals surface area contributed by atoms with Crippen LogP contribution in [0.5, 0.6) is 0 Å². The molecule has 0 N–H and O–H groups in total. The molecule has 0 amide bonds. The quantitative estimate of drug-likeness (QED) is 0.389. The van der Waals surface area contributed by atoms with Gasteiger partial charge in [0.2, 0.25) is 0 Å². The standard InChI is InChI=1S/C8H11O/c1-6-4-7(2)9-8(3)5-6/h4-5H,1-3H3/q+1/i1+1,2+1,3+1,4+1,5+1,6+1,7+1,8+1. The number of hydrogen-bond acceptors (Lipinski definition) is 0. The van der Waals surface area contributed by atoms with E-state index in [9.17, 15) is 0 Å². The van der Waals surface area contributed by atoms with Gasteiger partial charge in [0.1, 0.15) is 0 Å². The molecule has 1 heterocycles. The van der Waals surface area contributed by atoms with Gasteiger partial charge in [-0.3, -0.25) is 0 Å². The average molecular weight is 131 g/mol. The largest absolute Gasteiger partial charge is 0.326 e. The number of rotatable bonds is 0. The molecule has 0 aliphatic rings. The zero-order valence-electron chi connectivity index (χ0n) is 6.06. The predicted molar refractivity (Wildman–Crippen MR) is 37.3 cm³/mol. The van der Waals surface area contributed by atoms with Crippen molar-refractivity contribution in [3.8, 4) is 0 Å². The summed E-state index contributed by atoms with van der Waals surface area (Å²) in [5.74, 6) is 1.96. The lowest BCUT2D eigenvalue weighted by molar-refractivity contribution is 0.484. The van der Waals surface area contributed by atoms with E-state index in [1.165, 1.54) is 5.56 Å². The molecule has 0 saturated heterocycles. The lowest BCUT2D eigenvalue weighted by atomic mass is 11.2. The Kier molecular flexibility index (Phi) is 1.52. The van der Waals surface area contributed by atoms with Crippen LogP contribution in [0.2, 0.25) is 0 Å². The topological polar surface area (TPSA) is 11.3 Å².